The van der Waals surface area contributed by atoms with Gasteiger partial charge in [-0.05, 0) is 49.9 Å². The van der Waals surface area contributed by atoms with Crippen LogP contribution in [0.2, 0.25) is 0 Å². The number of hydrogen-bond acceptors (Lipinski definition) is 8. The lowest BCUT2D eigenvalue weighted by Gasteiger charge is -2.50. The molecule has 5 rings (SSSR count). The third-order valence-corrected chi connectivity index (χ3v) is 7.19. The van der Waals surface area contributed by atoms with Crippen LogP contribution in [0, 0.1) is 5.41 Å². The number of aromatic hydroxyl groups is 1. The number of benzene rings is 1. The summed E-state index contributed by atoms with van der Waals surface area (Å²) in [5.74, 6) is -1.61. The number of aliphatic imine (C=N–C) groups is 1. The first-order valence-corrected chi connectivity index (χ1v) is 11.2. The maximum Gasteiger partial charge on any atom is 0.332 e. The molecular formula is C23H24N6O6. The van der Waals surface area contributed by atoms with E-state index in [1.807, 2.05) is 6.07 Å². The topological polar surface area (TPSA) is 159 Å². The Morgan fingerprint density at radius 1 is 1.09 bits per heavy atom. The smallest absolute Gasteiger partial charge is 0.332 e. The molecule has 1 aromatic carbocycles. The number of hydrogen-bond donors (Lipinski definition) is 3. The molecule has 3 N–H and O–H groups in total. The molecule has 1 aromatic heterocycles. The van der Waals surface area contributed by atoms with E-state index in [0.717, 1.165) is 27.5 Å². The molecule has 35 heavy (non-hydrogen) atoms. The predicted molar refractivity (Wildman–Crippen MR) is 125 cm³/mol. The number of nitrogens with zero attached hydrogens (tertiary/aromatic N) is 4. The van der Waals surface area contributed by atoms with Crippen molar-refractivity contribution in [2.75, 3.05) is 25.5 Å². The monoisotopic (exact) mass is 480 g/mol. The van der Waals surface area contributed by atoms with Gasteiger partial charge < -0.3 is 10.0 Å². The van der Waals surface area contributed by atoms with Crippen LogP contribution in [0.15, 0.2) is 32.8 Å². The van der Waals surface area contributed by atoms with E-state index < -0.39 is 40.4 Å². The van der Waals surface area contributed by atoms with Gasteiger partial charge in [0.2, 0.25) is 17.7 Å². The van der Waals surface area contributed by atoms with Crippen molar-refractivity contribution in [3.8, 4) is 5.88 Å². The Labute approximate surface area is 198 Å². The Balaban J connectivity index is 1.61. The number of fused-ring (bicyclic) bond motifs is 4. The highest BCUT2D eigenvalue weighted by Gasteiger charge is 2.63. The molecule has 3 aliphatic rings. The van der Waals surface area contributed by atoms with Gasteiger partial charge >= 0.3 is 11.7 Å². The summed E-state index contributed by atoms with van der Waals surface area (Å²) in [5.41, 5.74) is -0.995. The highest BCUT2D eigenvalue weighted by atomic mass is 16.3. The predicted octanol–water partition coefficient (Wildman–Crippen LogP) is 0.471. The van der Waals surface area contributed by atoms with E-state index in [4.69, 9.17) is 0 Å². The maximum atomic E-state index is 13.5. The second kappa shape index (κ2) is 7.65. The molecule has 0 aliphatic carbocycles. The fourth-order valence-corrected chi connectivity index (χ4v) is 5.63. The summed E-state index contributed by atoms with van der Waals surface area (Å²) in [7, 11) is 2.78. The number of carbonyl (C=O) groups excluding carboxylic acids is 3. The lowest BCUT2D eigenvalue weighted by atomic mass is 9.68. The number of anilines is 1. The van der Waals surface area contributed by atoms with Crippen LogP contribution in [0.25, 0.3) is 0 Å². The molecule has 4 amide bonds. The summed E-state index contributed by atoms with van der Waals surface area (Å²) in [4.78, 5) is 75.6. The molecule has 3 aliphatic heterocycles. The largest absolute Gasteiger partial charge is 0.494 e. The Hall–Kier alpha value is -4.22. The standard InChI is InChI=1S/C23H24N6O6/c1-11(16-17(30)25-21(34)26-18(16)31)24-13-6-7-14-12(9-13)10-23(15-5-4-8-29(14)15)19(32)27(2)22(35)28(3)20(23)33/h6-7,9,15H,4-5,8,10H2,1-3H3,(H3,25,26,30,31,34)/t15-/m0/s1. The number of nitrogens with one attached hydrogen (secondary N) is 2. The summed E-state index contributed by atoms with van der Waals surface area (Å²) in [6.07, 6.45) is 1.57. The van der Waals surface area contributed by atoms with Gasteiger partial charge in [-0.25, -0.2) is 9.59 Å². The zero-order valence-corrected chi connectivity index (χ0v) is 19.4. The molecule has 0 radical (unpaired) electrons. The number of aromatic nitrogens is 2. The van der Waals surface area contributed by atoms with Crippen molar-refractivity contribution in [3.05, 3.63) is 50.2 Å². The molecule has 2 aromatic rings. The van der Waals surface area contributed by atoms with Crippen LogP contribution in [0.4, 0.5) is 16.2 Å². The summed E-state index contributed by atoms with van der Waals surface area (Å²) >= 11 is 0. The summed E-state index contributed by atoms with van der Waals surface area (Å²) < 4.78 is 0. The van der Waals surface area contributed by atoms with Crippen molar-refractivity contribution in [1.29, 1.82) is 0 Å². The molecule has 12 nitrogen and oxygen atoms in total. The molecule has 0 bridgehead atoms. The van der Waals surface area contributed by atoms with Gasteiger partial charge in [0.05, 0.1) is 17.4 Å². The highest BCUT2D eigenvalue weighted by Crippen LogP contribution is 2.49. The molecule has 0 unspecified atom stereocenters. The van der Waals surface area contributed by atoms with Crippen LogP contribution in [0.1, 0.15) is 30.9 Å². The molecule has 0 saturated carbocycles. The van der Waals surface area contributed by atoms with Gasteiger partial charge in [0.1, 0.15) is 5.56 Å². The van der Waals surface area contributed by atoms with Crippen molar-refractivity contribution in [2.45, 2.75) is 32.2 Å². The molecular weight excluding hydrogens is 456 g/mol. The van der Waals surface area contributed by atoms with Crippen LogP contribution >= 0.6 is 0 Å². The van der Waals surface area contributed by atoms with Gasteiger partial charge in [-0.1, -0.05) is 0 Å². The van der Waals surface area contributed by atoms with E-state index in [9.17, 15) is 29.1 Å². The van der Waals surface area contributed by atoms with Crippen molar-refractivity contribution in [1.82, 2.24) is 19.8 Å². The van der Waals surface area contributed by atoms with Gasteiger partial charge in [0.25, 0.3) is 5.56 Å². The zero-order chi connectivity index (χ0) is 25.2. The molecule has 4 heterocycles. The normalized spacial score (nSPS) is 21.6. The Kier molecular flexibility index (Phi) is 4.93. The van der Waals surface area contributed by atoms with Gasteiger partial charge in [-0.2, -0.15) is 0 Å². The van der Waals surface area contributed by atoms with E-state index in [1.165, 1.54) is 21.0 Å². The molecule has 1 atom stereocenters. The first kappa shape index (κ1) is 22.6. The number of urea groups is 1. The first-order chi connectivity index (χ1) is 16.6. The van der Waals surface area contributed by atoms with Gasteiger partial charge in [-0.15, -0.1) is 0 Å². The van der Waals surface area contributed by atoms with Gasteiger partial charge in [0, 0.05) is 26.3 Å². The van der Waals surface area contributed by atoms with Gasteiger partial charge in [-0.3, -0.25) is 39.1 Å². The Morgan fingerprint density at radius 2 is 1.77 bits per heavy atom. The van der Waals surface area contributed by atoms with Crippen LogP contribution in [0.3, 0.4) is 0 Å². The van der Waals surface area contributed by atoms with Crippen LogP contribution in [-0.4, -0.2) is 75.1 Å². The quantitative estimate of drug-likeness (QED) is 0.416. The number of H-pyrrole nitrogens is 2. The number of aromatic amines is 2. The van der Waals surface area contributed by atoms with Crippen LogP contribution in [-0.2, 0) is 16.0 Å². The summed E-state index contributed by atoms with van der Waals surface area (Å²) in [5, 5.41) is 10.0. The molecule has 182 valence electrons. The molecule has 2 fully saturated rings. The lowest BCUT2D eigenvalue weighted by Crippen LogP contribution is -2.70. The summed E-state index contributed by atoms with van der Waals surface area (Å²) in [6, 6.07) is 4.34. The van der Waals surface area contributed by atoms with Crippen molar-refractivity contribution in [2.24, 2.45) is 10.4 Å². The first-order valence-electron chi connectivity index (χ1n) is 11.2. The number of imide groups is 2. The van der Waals surface area contributed by atoms with E-state index in [2.05, 4.69) is 19.9 Å². The van der Waals surface area contributed by atoms with Crippen molar-refractivity contribution < 1.29 is 19.5 Å². The second-order valence-electron chi connectivity index (χ2n) is 9.15. The minimum Gasteiger partial charge on any atom is -0.494 e. The maximum absolute atomic E-state index is 13.5. The van der Waals surface area contributed by atoms with Crippen molar-refractivity contribution in [3.63, 3.8) is 0 Å². The van der Waals surface area contributed by atoms with E-state index in [1.54, 1.807) is 12.1 Å². The third-order valence-electron chi connectivity index (χ3n) is 7.19. The average Bonchev–Trinajstić information content (AvgIpc) is 3.30. The lowest BCUT2D eigenvalue weighted by molar-refractivity contribution is -0.159. The second-order valence-corrected chi connectivity index (χ2v) is 9.15. The number of rotatable bonds is 2. The van der Waals surface area contributed by atoms with Crippen LogP contribution in [0.5, 0.6) is 5.88 Å². The fraction of sp³-hybridized carbons (Fsp3) is 0.391. The minimum absolute atomic E-state index is 0.107. The Bertz CT molecular complexity index is 1410. The number of carbonyl (C=O) groups is 3. The van der Waals surface area contributed by atoms with E-state index in [-0.39, 0.29) is 23.7 Å². The van der Waals surface area contributed by atoms with E-state index in [0.29, 0.717) is 18.7 Å². The van der Waals surface area contributed by atoms with E-state index >= 15 is 0 Å². The third kappa shape index (κ3) is 3.12. The number of barbiturate groups is 1. The molecule has 12 heteroatoms. The highest BCUT2D eigenvalue weighted by molar-refractivity contribution is 6.20. The SMILES string of the molecule is CC(=Nc1ccc2c(c1)CC1(C(=O)N(C)C(=O)N(C)C1=O)[C@@H]1CCCN21)c1c(O)[nH]c(=O)[nH]c1=O. The molecule has 2 saturated heterocycles. The average molecular weight is 480 g/mol. The Morgan fingerprint density at radius 3 is 2.43 bits per heavy atom. The summed E-state index contributed by atoms with van der Waals surface area (Å²) in [6.45, 7) is 2.19. The van der Waals surface area contributed by atoms with Gasteiger partial charge in [0.15, 0.2) is 5.41 Å². The minimum atomic E-state index is -1.42. The van der Waals surface area contributed by atoms with Crippen molar-refractivity contribution >= 4 is 34.9 Å². The number of amides is 4. The zero-order valence-electron chi connectivity index (χ0n) is 19.4. The molecule has 1 spiro atoms. The van der Waals surface area contributed by atoms with Crippen LogP contribution < -0.4 is 16.1 Å². The fourth-order valence-electron chi connectivity index (χ4n) is 5.63.